The number of nitrogen functional groups attached to an aromatic ring is 1. The Balaban J connectivity index is 2.14. The topological polar surface area (TPSA) is 68.0 Å². The van der Waals surface area contributed by atoms with Gasteiger partial charge in [-0.05, 0) is 25.1 Å². The average molecular weight is 233 g/mol. The number of carbonyl (C=O) groups excluding carboxylic acids is 1. The molecule has 0 bridgehead atoms. The van der Waals surface area contributed by atoms with Crippen LogP contribution in [0.5, 0.6) is 0 Å². The summed E-state index contributed by atoms with van der Waals surface area (Å²) in [5.41, 5.74) is 7.60. The number of hydrogen-bond acceptors (Lipinski definition) is 4. The number of aryl methyl sites for hydroxylation is 1. The highest BCUT2D eigenvalue weighted by molar-refractivity contribution is 7.13. The minimum absolute atomic E-state index is 0.193. The first-order chi connectivity index (χ1) is 7.65. The molecule has 1 aromatic carbocycles. The molecule has 0 aliphatic heterocycles. The van der Waals surface area contributed by atoms with Crippen LogP contribution in [0.3, 0.4) is 0 Å². The van der Waals surface area contributed by atoms with Crippen molar-refractivity contribution >= 4 is 28.1 Å². The molecule has 2 rings (SSSR count). The molecule has 5 heteroatoms. The lowest BCUT2D eigenvalue weighted by atomic mass is 10.2. The molecular weight excluding hydrogens is 222 g/mol. The zero-order valence-electron chi connectivity index (χ0n) is 8.73. The number of rotatable bonds is 2. The van der Waals surface area contributed by atoms with Gasteiger partial charge < -0.3 is 5.73 Å². The third-order valence-corrected chi connectivity index (χ3v) is 2.86. The maximum atomic E-state index is 11.8. The largest absolute Gasteiger partial charge is 0.399 e. The van der Waals surface area contributed by atoms with E-state index in [-0.39, 0.29) is 5.91 Å². The van der Waals surface area contributed by atoms with Crippen LogP contribution in [0.2, 0.25) is 0 Å². The van der Waals surface area contributed by atoms with Gasteiger partial charge in [0.05, 0.1) is 5.69 Å². The third-order valence-electron chi connectivity index (χ3n) is 1.99. The van der Waals surface area contributed by atoms with E-state index in [2.05, 4.69) is 10.3 Å². The second kappa shape index (κ2) is 4.32. The fourth-order valence-corrected chi connectivity index (χ4v) is 1.94. The van der Waals surface area contributed by atoms with E-state index in [1.54, 1.807) is 24.3 Å². The van der Waals surface area contributed by atoms with Crippen molar-refractivity contribution in [3.63, 3.8) is 0 Å². The second-order valence-electron chi connectivity index (χ2n) is 3.37. The Kier molecular flexibility index (Phi) is 2.87. The molecule has 0 aliphatic rings. The molecule has 4 nitrogen and oxygen atoms in total. The van der Waals surface area contributed by atoms with Gasteiger partial charge in [-0.25, -0.2) is 4.98 Å². The van der Waals surface area contributed by atoms with E-state index >= 15 is 0 Å². The zero-order valence-corrected chi connectivity index (χ0v) is 9.54. The predicted molar refractivity (Wildman–Crippen MR) is 65.7 cm³/mol. The summed E-state index contributed by atoms with van der Waals surface area (Å²) in [5.74, 6) is -0.193. The second-order valence-corrected chi connectivity index (χ2v) is 4.23. The molecule has 0 atom stereocenters. The van der Waals surface area contributed by atoms with E-state index < -0.39 is 0 Å². The summed E-state index contributed by atoms with van der Waals surface area (Å²) in [6, 6.07) is 6.84. The highest BCUT2D eigenvalue weighted by Gasteiger charge is 2.07. The molecule has 0 unspecified atom stereocenters. The van der Waals surface area contributed by atoms with E-state index in [0.717, 1.165) is 5.69 Å². The van der Waals surface area contributed by atoms with Crippen molar-refractivity contribution in [3.8, 4) is 0 Å². The van der Waals surface area contributed by atoms with Gasteiger partial charge >= 0.3 is 0 Å². The maximum absolute atomic E-state index is 11.8. The van der Waals surface area contributed by atoms with Gasteiger partial charge in [0, 0.05) is 16.6 Å². The fraction of sp³-hybridized carbons (Fsp3) is 0.0909. The smallest absolute Gasteiger partial charge is 0.257 e. The number of aromatic nitrogens is 1. The van der Waals surface area contributed by atoms with Crippen molar-refractivity contribution < 1.29 is 4.79 Å². The molecule has 82 valence electrons. The quantitative estimate of drug-likeness (QED) is 0.782. The Morgan fingerprint density at radius 2 is 2.31 bits per heavy atom. The van der Waals surface area contributed by atoms with Crippen LogP contribution in [0, 0.1) is 6.92 Å². The monoisotopic (exact) mass is 233 g/mol. The number of thiazole rings is 1. The Morgan fingerprint density at radius 3 is 2.94 bits per heavy atom. The van der Waals surface area contributed by atoms with Gasteiger partial charge in [0.1, 0.15) is 0 Å². The normalized spacial score (nSPS) is 10.1. The predicted octanol–water partition coefficient (Wildman–Crippen LogP) is 2.29. The number of carbonyl (C=O) groups is 1. The van der Waals surface area contributed by atoms with Crippen LogP contribution < -0.4 is 11.1 Å². The van der Waals surface area contributed by atoms with Crippen LogP contribution in [-0.2, 0) is 0 Å². The lowest BCUT2D eigenvalue weighted by Crippen LogP contribution is -2.11. The highest BCUT2D eigenvalue weighted by atomic mass is 32.1. The first kappa shape index (κ1) is 10.6. The van der Waals surface area contributed by atoms with E-state index in [1.807, 2.05) is 12.3 Å². The van der Waals surface area contributed by atoms with Gasteiger partial charge in [-0.15, -0.1) is 11.3 Å². The highest BCUT2D eigenvalue weighted by Crippen LogP contribution is 2.16. The van der Waals surface area contributed by atoms with E-state index in [4.69, 9.17) is 5.73 Å². The van der Waals surface area contributed by atoms with E-state index in [1.165, 1.54) is 11.3 Å². The van der Waals surface area contributed by atoms with Crippen LogP contribution in [0.25, 0.3) is 0 Å². The molecule has 1 aromatic heterocycles. The Bertz CT molecular complexity index is 521. The number of nitrogens with zero attached hydrogens (tertiary/aromatic N) is 1. The number of benzene rings is 1. The summed E-state index contributed by atoms with van der Waals surface area (Å²) in [5, 5.41) is 5.20. The van der Waals surface area contributed by atoms with Crippen LogP contribution in [-0.4, -0.2) is 10.9 Å². The SMILES string of the molecule is Cc1csc(NC(=O)c2cccc(N)c2)n1. The molecule has 16 heavy (non-hydrogen) atoms. The summed E-state index contributed by atoms with van der Waals surface area (Å²) < 4.78 is 0. The van der Waals surface area contributed by atoms with Gasteiger partial charge in [-0.2, -0.15) is 0 Å². The van der Waals surface area contributed by atoms with Crippen LogP contribution in [0.4, 0.5) is 10.8 Å². The molecule has 0 radical (unpaired) electrons. The molecule has 0 aliphatic carbocycles. The van der Waals surface area contributed by atoms with Crippen LogP contribution in [0.15, 0.2) is 29.6 Å². The standard InChI is InChI=1S/C11H11N3OS/c1-7-6-16-11(13-7)14-10(15)8-3-2-4-9(12)5-8/h2-6H,12H2,1H3,(H,13,14,15). The van der Waals surface area contributed by atoms with Gasteiger partial charge in [0.2, 0.25) is 0 Å². The number of amides is 1. The van der Waals surface area contributed by atoms with E-state index in [0.29, 0.717) is 16.4 Å². The fourth-order valence-electron chi connectivity index (χ4n) is 1.26. The first-order valence-corrected chi connectivity index (χ1v) is 5.62. The number of anilines is 2. The molecule has 3 N–H and O–H groups in total. The summed E-state index contributed by atoms with van der Waals surface area (Å²) in [7, 11) is 0. The van der Waals surface area contributed by atoms with Crippen LogP contribution >= 0.6 is 11.3 Å². The van der Waals surface area contributed by atoms with Crippen molar-refractivity contribution in [2.45, 2.75) is 6.92 Å². The van der Waals surface area contributed by atoms with Gasteiger partial charge in [-0.3, -0.25) is 10.1 Å². The molecule has 0 saturated heterocycles. The van der Waals surface area contributed by atoms with Crippen molar-refractivity contribution in [2.24, 2.45) is 0 Å². The Hall–Kier alpha value is -1.88. The summed E-state index contributed by atoms with van der Waals surface area (Å²) in [6.07, 6.45) is 0. The average Bonchev–Trinajstić information content (AvgIpc) is 2.64. The Labute approximate surface area is 97.1 Å². The lowest BCUT2D eigenvalue weighted by Gasteiger charge is -2.02. The van der Waals surface area contributed by atoms with Crippen molar-refractivity contribution in [1.29, 1.82) is 0 Å². The summed E-state index contributed by atoms with van der Waals surface area (Å²) in [6.45, 7) is 1.88. The number of hydrogen-bond donors (Lipinski definition) is 2. The molecule has 2 aromatic rings. The maximum Gasteiger partial charge on any atom is 0.257 e. The van der Waals surface area contributed by atoms with Gasteiger partial charge in [-0.1, -0.05) is 6.07 Å². The third kappa shape index (κ3) is 2.38. The lowest BCUT2D eigenvalue weighted by molar-refractivity contribution is 0.102. The van der Waals surface area contributed by atoms with Crippen LogP contribution in [0.1, 0.15) is 16.1 Å². The number of nitrogens with one attached hydrogen (secondary N) is 1. The summed E-state index contributed by atoms with van der Waals surface area (Å²) >= 11 is 1.40. The molecule has 1 amide bonds. The van der Waals surface area contributed by atoms with E-state index in [9.17, 15) is 4.79 Å². The Morgan fingerprint density at radius 1 is 1.50 bits per heavy atom. The minimum Gasteiger partial charge on any atom is -0.399 e. The molecular formula is C11H11N3OS. The van der Waals surface area contributed by atoms with Crippen molar-refractivity contribution in [2.75, 3.05) is 11.1 Å². The first-order valence-electron chi connectivity index (χ1n) is 4.74. The van der Waals surface area contributed by atoms with Crippen molar-refractivity contribution in [1.82, 2.24) is 4.98 Å². The number of nitrogens with two attached hydrogens (primary N) is 1. The molecule has 0 saturated carbocycles. The van der Waals surface area contributed by atoms with Crippen molar-refractivity contribution in [3.05, 3.63) is 40.9 Å². The molecule has 1 heterocycles. The minimum atomic E-state index is -0.193. The van der Waals surface area contributed by atoms with Gasteiger partial charge in [0.15, 0.2) is 5.13 Å². The molecule has 0 spiro atoms. The molecule has 0 fully saturated rings. The summed E-state index contributed by atoms with van der Waals surface area (Å²) in [4.78, 5) is 15.9. The zero-order chi connectivity index (χ0) is 11.5. The van der Waals surface area contributed by atoms with Gasteiger partial charge in [0.25, 0.3) is 5.91 Å².